The molecule has 5 rings (SSSR count). The summed E-state index contributed by atoms with van der Waals surface area (Å²) >= 11 is 1.38. The summed E-state index contributed by atoms with van der Waals surface area (Å²) in [5.74, 6) is 0.765. The van der Waals surface area contributed by atoms with E-state index in [1.807, 2.05) is 48.5 Å². The molecule has 0 atom stereocenters. The maximum Gasteiger partial charge on any atom is 0.203 e. The molecule has 0 aliphatic heterocycles. The minimum absolute atomic E-state index is 0.0497. The fourth-order valence-electron chi connectivity index (χ4n) is 3.53. The largest absolute Gasteiger partial charge is 0.508 e. The van der Waals surface area contributed by atoms with E-state index in [1.54, 1.807) is 30.3 Å². The van der Waals surface area contributed by atoms with Gasteiger partial charge in [-0.15, -0.1) is 11.3 Å². The fraction of sp³-hybridized carbons (Fsp3) is 0. The maximum absolute atomic E-state index is 13.3. The fourth-order valence-corrected chi connectivity index (χ4v) is 4.75. The third kappa shape index (κ3) is 3.15. The summed E-state index contributed by atoms with van der Waals surface area (Å²) in [4.78, 5) is 13.9. The molecule has 0 aliphatic rings. The summed E-state index contributed by atoms with van der Waals surface area (Å²) in [5, 5.41) is 20.3. The first-order valence-electron chi connectivity index (χ1n) is 9.34. The second-order valence-electron chi connectivity index (χ2n) is 6.93. The average Bonchev–Trinajstić information content (AvgIpc) is 3.37. The number of ketones is 1. The number of furan rings is 1. The number of benzene rings is 3. The highest BCUT2D eigenvalue weighted by Crippen LogP contribution is 2.41. The highest BCUT2D eigenvalue weighted by molar-refractivity contribution is 7.21. The minimum atomic E-state index is -0.0497. The number of fused-ring (bicyclic) bond motifs is 1. The molecule has 30 heavy (non-hydrogen) atoms. The predicted octanol–water partition coefficient (Wildman–Crippen LogP) is 6.47. The number of carbonyl (C=O) groups excluding carboxylic acids is 1. The molecule has 4 nitrogen and oxygen atoms in total. The summed E-state index contributed by atoms with van der Waals surface area (Å²) in [6, 6.07) is 23.6. The van der Waals surface area contributed by atoms with E-state index in [9.17, 15) is 15.0 Å². The van der Waals surface area contributed by atoms with Crippen LogP contribution in [0, 0.1) is 0 Å². The highest BCUT2D eigenvalue weighted by Gasteiger charge is 2.21. The van der Waals surface area contributed by atoms with E-state index in [1.165, 1.54) is 17.6 Å². The van der Waals surface area contributed by atoms with Crippen molar-refractivity contribution in [1.29, 1.82) is 0 Å². The Hall–Kier alpha value is -3.83. The van der Waals surface area contributed by atoms with Gasteiger partial charge in [-0.1, -0.05) is 54.6 Å². The Morgan fingerprint density at radius 1 is 0.800 bits per heavy atom. The quantitative estimate of drug-likeness (QED) is 0.332. The van der Waals surface area contributed by atoms with E-state index < -0.39 is 0 Å². The van der Waals surface area contributed by atoms with Gasteiger partial charge in [0, 0.05) is 32.8 Å². The first kappa shape index (κ1) is 18.2. The monoisotopic (exact) mass is 412 g/mol. The lowest BCUT2D eigenvalue weighted by Gasteiger charge is -2.06. The van der Waals surface area contributed by atoms with Crippen molar-refractivity contribution in [3.05, 3.63) is 95.6 Å². The normalized spacial score (nSPS) is 11.1. The van der Waals surface area contributed by atoms with E-state index in [-0.39, 0.29) is 17.3 Å². The SMILES string of the molecule is O=C(c1ccccc1)c1sc2cc(O)ccc2c1-c1ccc(-c2cc(O)co2)cc1. The van der Waals surface area contributed by atoms with Crippen molar-refractivity contribution in [2.75, 3.05) is 0 Å². The molecule has 3 aromatic carbocycles. The summed E-state index contributed by atoms with van der Waals surface area (Å²) < 4.78 is 6.21. The van der Waals surface area contributed by atoms with Gasteiger partial charge in [-0.25, -0.2) is 0 Å². The van der Waals surface area contributed by atoms with Gasteiger partial charge in [0.25, 0.3) is 0 Å². The second kappa shape index (κ2) is 7.21. The number of aromatic hydroxyl groups is 2. The predicted molar refractivity (Wildman–Crippen MR) is 118 cm³/mol. The molecule has 2 heterocycles. The topological polar surface area (TPSA) is 70.7 Å². The maximum atomic E-state index is 13.3. The standard InChI is InChI=1S/C25H16O4S/c26-18-10-11-20-22(13-18)30-25(24(28)17-4-2-1-3-5-17)23(20)16-8-6-15(7-9-16)21-12-19(27)14-29-21/h1-14,26-27H. The third-order valence-electron chi connectivity index (χ3n) is 4.96. The van der Waals surface area contributed by atoms with Gasteiger partial charge in [0.1, 0.15) is 17.8 Å². The van der Waals surface area contributed by atoms with Crippen molar-refractivity contribution in [2.45, 2.75) is 0 Å². The Morgan fingerprint density at radius 3 is 2.23 bits per heavy atom. The Kier molecular flexibility index (Phi) is 4.38. The van der Waals surface area contributed by atoms with E-state index in [4.69, 9.17) is 4.42 Å². The number of phenolic OH excluding ortho intramolecular Hbond substituents is 1. The Labute approximate surface area is 176 Å². The van der Waals surface area contributed by atoms with E-state index in [0.29, 0.717) is 16.2 Å². The van der Waals surface area contributed by atoms with Crippen LogP contribution in [0.3, 0.4) is 0 Å². The number of hydrogen-bond donors (Lipinski definition) is 2. The molecule has 2 N–H and O–H groups in total. The zero-order chi connectivity index (χ0) is 20.7. The summed E-state index contributed by atoms with van der Waals surface area (Å²) in [6.07, 6.45) is 1.29. The van der Waals surface area contributed by atoms with Gasteiger partial charge >= 0.3 is 0 Å². The van der Waals surface area contributed by atoms with E-state index in [2.05, 4.69) is 0 Å². The molecule has 0 radical (unpaired) electrons. The van der Waals surface area contributed by atoms with Crippen LogP contribution in [0.15, 0.2) is 89.5 Å². The number of carbonyl (C=O) groups is 1. The summed E-state index contributed by atoms with van der Waals surface area (Å²) in [5.41, 5.74) is 3.19. The molecule has 0 saturated carbocycles. The van der Waals surface area contributed by atoms with Gasteiger partial charge < -0.3 is 14.6 Å². The van der Waals surface area contributed by atoms with E-state index in [0.717, 1.165) is 26.8 Å². The molecule has 0 aliphatic carbocycles. The first-order chi connectivity index (χ1) is 14.6. The molecule has 146 valence electrons. The van der Waals surface area contributed by atoms with Crippen molar-refractivity contribution >= 4 is 27.2 Å². The molecule has 5 aromatic rings. The van der Waals surface area contributed by atoms with Crippen LogP contribution in [-0.2, 0) is 0 Å². The smallest absolute Gasteiger partial charge is 0.203 e. The molecule has 5 heteroatoms. The Balaban J connectivity index is 1.66. The zero-order valence-electron chi connectivity index (χ0n) is 15.7. The Bertz CT molecular complexity index is 1360. The molecular weight excluding hydrogens is 396 g/mol. The van der Waals surface area contributed by atoms with Crippen molar-refractivity contribution in [3.8, 4) is 33.9 Å². The summed E-state index contributed by atoms with van der Waals surface area (Å²) in [7, 11) is 0. The lowest BCUT2D eigenvalue weighted by atomic mass is 9.97. The molecule has 0 bridgehead atoms. The van der Waals surface area contributed by atoms with Crippen LogP contribution in [0.2, 0.25) is 0 Å². The van der Waals surface area contributed by atoms with E-state index >= 15 is 0 Å². The lowest BCUT2D eigenvalue weighted by molar-refractivity contribution is 0.104. The third-order valence-corrected chi connectivity index (χ3v) is 6.11. The van der Waals surface area contributed by atoms with Crippen molar-refractivity contribution in [2.24, 2.45) is 0 Å². The minimum Gasteiger partial charge on any atom is -0.508 e. The Morgan fingerprint density at radius 2 is 1.53 bits per heavy atom. The molecule has 0 amide bonds. The van der Waals surface area contributed by atoms with Gasteiger partial charge in [-0.05, 0) is 23.8 Å². The second-order valence-corrected chi connectivity index (χ2v) is 7.98. The molecule has 0 saturated heterocycles. The van der Waals surface area contributed by atoms with Crippen molar-refractivity contribution < 1.29 is 19.4 Å². The molecule has 0 unspecified atom stereocenters. The molecule has 0 fully saturated rings. The highest BCUT2D eigenvalue weighted by atomic mass is 32.1. The van der Waals surface area contributed by atoms with Crippen molar-refractivity contribution in [3.63, 3.8) is 0 Å². The van der Waals surface area contributed by atoms with Crippen LogP contribution in [-0.4, -0.2) is 16.0 Å². The average molecular weight is 412 g/mol. The van der Waals surface area contributed by atoms with Crippen molar-refractivity contribution in [1.82, 2.24) is 0 Å². The zero-order valence-corrected chi connectivity index (χ0v) is 16.5. The van der Waals surface area contributed by atoms with Gasteiger partial charge in [0.2, 0.25) is 5.78 Å². The van der Waals surface area contributed by atoms with Crippen LogP contribution in [0.5, 0.6) is 11.5 Å². The van der Waals surface area contributed by atoms with Crippen LogP contribution in [0.25, 0.3) is 32.5 Å². The number of phenols is 1. The van der Waals surface area contributed by atoms with Gasteiger partial charge in [-0.3, -0.25) is 4.79 Å². The first-order valence-corrected chi connectivity index (χ1v) is 10.2. The van der Waals surface area contributed by atoms with Gasteiger partial charge in [0.15, 0.2) is 5.75 Å². The van der Waals surface area contributed by atoms with Gasteiger partial charge in [0.05, 0.1) is 4.88 Å². The lowest BCUT2D eigenvalue weighted by Crippen LogP contribution is -2.00. The number of thiophene rings is 1. The molecule has 0 spiro atoms. The van der Waals surface area contributed by atoms with Crippen LogP contribution in [0.4, 0.5) is 0 Å². The van der Waals surface area contributed by atoms with Crippen LogP contribution >= 0.6 is 11.3 Å². The number of rotatable bonds is 4. The van der Waals surface area contributed by atoms with Crippen LogP contribution < -0.4 is 0 Å². The van der Waals surface area contributed by atoms with Gasteiger partial charge in [-0.2, -0.15) is 0 Å². The molecular formula is C25H16O4S. The number of hydrogen-bond acceptors (Lipinski definition) is 5. The summed E-state index contributed by atoms with van der Waals surface area (Å²) in [6.45, 7) is 0. The molecule has 2 aromatic heterocycles. The van der Waals surface area contributed by atoms with Crippen LogP contribution in [0.1, 0.15) is 15.2 Å².